The highest BCUT2D eigenvalue weighted by Gasteiger charge is 1.35. The fourth-order valence-electron chi connectivity index (χ4n) is 0. The zero-order valence-electron chi connectivity index (χ0n) is 2.10. The molecule has 0 unspecified atom stereocenters. The third-order valence-corrected chi connectivity index (χ3v) is 0.212. The Hall–Kier alpha value is -0.340. The van der Waals surface area contributed by atoms with Crippen LogP contribution >= 0.6 is 8.20 Å². The molecule has 0 heterocycles. The second-order valence-electron chi connectivity index (χ2n) is 0.258. The maximum Gasteiger partial charge on any atom is 0.121 e. The van der Waals surface area contributed by atoms with E-state index in [1.807, 2.05) is 0 Å². The van der Waals surface area contributed by atoms with Gasteiger partial charge < -0.3 is 0 Å². The van der Waals surface area contributed by atoms with Crippen molar-refractivity contribution in [3.05, 3.63) is 0 Å². The number of nitriles is 1. The van der Waals surface area contributed by atoms with E-state index in [1.54, 1.807) is 5.81 Å². The van der Waals surface area contributed by atoms with Crippen molar-refractivity contribution in [1.82, 2.24) is 0 Å². The Balaban J connectivity index is 2.92. The van der Waals surface area contributed by atoms with E-state index in [4.69, 9.17) is 5.26 Å². The Kier molecular flexibility index (Phi) is 2.43. The van der Waals surface area contributed by atoms with E-state index in [0.29, 0.717) is 8.20 Å². The van der Waals surface area contributed by atoms with Gasteiger partial charge in [0, 0.05) is 8.20 Å². The summed E-state index contributed by atoms with van der Waals surface area (Å²) in [4.78, 5) is 0. The average Bonchev–Trinajstić information content (AvgIpc) is 1.37. The predicted octanol–water partition coefficient (Wildman–Crippen LogP) is 0.846. The van der Waals surface area contributed by atoms with E-state index in [2.05, 4.69) is 6.30 Å². The van der Waals surface area contributed by atoms with Crippen molar-refractivity contribution in [3.8, 4) is 5.81 Å². The molecule has 2 heteroatoms. The van der Waals surface area contributed by atoms with Gasteiger partial charge in [-0.15, -0.1) is 0 Å². The molecule has 0 rings (SSSR count). The van der Waals surface area contributed by atoms with Gasteiger partial charge in [-0.1, -0.05) is 6.30 Å². The van der Waals surface area contributed by atoms with Crippen molar-refractivity contribution in [1.29, 1.82) is 5.26 Å². The summed E-state index contributed by atoms with van der Waals surface area (Å²) >= 11 is 0. The van der Waals surface area contributed by atoms with E-state index in [1.165, 1.54) is 0 Å². The first-order valence-corrected chi connectivity index (χ1v) is 1.84. The molecule has 0 fully saturated rings. The summed E-state index contributed by atoms with van der Waals surface area (Å²) < 4.78 is 0. The second-order valence-corrected chi connectivity index (χ2v) is 0.774. The normalized spacial score (nSPS) is 5.75. The summed E-state index contributed by atoms with van der Waals surface area (Å²) in [5, 5.41) is 7.55. The third-order valence-electron chi connectivity index (χ3n) is 0.0707. The van der Waals surface area contributed by atoms with Gasteiger partial charge in [-0.2, -0.15) is 5.26 Å². The molecule has 0 aromatic heterocycles. The standard InChI is InChI=1S/C2H2NP/c1-4-2-3/h1H2. The van der Waals surface area contributed by atoms with Crippen LogP contribution in [0.15, 0.2) is 0 Å². The molecule has 0 aliphatic heterocycles. The Bertz CT molecular complexity index is 51.5. The van der Waals surface area contributed by atoms with Crippen LogP contribution in [0.3, 0.4) is 0 Å². The topological polar surface area (TPSA) is 23.8 Å². The van der Waals surface area contributed by atoms with Crippen molar-refractivity contribution in [2.45, 2.75) is 0 Å². The number of hydrogen-bond acceptors (Lipinski definition) is 1. The van der Waals surface area contributed by atoms with Gasteiger partial charge in [-0.05, 0) is 0 Å². The third kappa shape index (κ3) is 1.66. The fraction of sp³-hybridized carbons (Fsp3) is 0. The zero-order chi connectivity index (χ0) is 3.41. The summed E-state index contributed by atoms with van der Waals surface area (Å²) in [5.74, 6) is 1.79. The van der Waals surface area contributed by atoms with E-state index < -0.39 is 0 Å². The summed E-state index contributed by atoms with van der Waals surface area (Å²) in [5.41, 5.74) is 0. The van der Waals surface area contributed by atoms with Crippen molar-refractivity contribution in [2.75, 3.05) is 0 Å². The molecular weight excluding hydrogens is 69.0 g/mol. The maximum atomic E-state index is 7.55. The van der Waals surface area contributed by atoms with Gasteiger partial charge in [0.1, 0.15) is 5.81 Å². The SMILES string of the molecule is C=PC#N. The minimum Gasteiger partial charge on any atom is -0.188 e. The predicted molar refractivity (Wildman–Crippen MR) is 19.7 cm³/mol. The molecule has 4 heavy (non-hydrogen) atoms. The monoisotopic (exact) mass is 71.0 g/mol. The first kappa shape index (κ1) is 3.66. The Morgan fingerprint density at radius 2 is 2.25 bits per heavy atom. The molecule has 0 saturated carbocycles. The van der Waals surface area contributed by atoms with Crippen LogP contribution in [0.5, 0.6) is 0 Å². The van der Waals surface area contributed by atoms with Crippen molar-refractivity contribution in [3.63, 3.8) is 0 Å². The Labute approximate surface area is 26.7 Å². The molecule has 20 valence electrons. The number of nitrogens with zero attached hydrogens (tertiary/aromatic N) is 1. The molecule has 0 saturated heterocycles. The smallest absolute Gasteiger partial charge is 0.121 e. The molecule has 0 amide bonds. The van der Waals surface area contributed by atoms with E-state index in [9.17, 15) is 0 Å². The molecule has 0 aliphatic carbocycles. The first-order chi connectivity index (χ1) is 1.91. The van der Waals surface area contributed by atoms with Gasteiger partial charge >= 0.3 is 0 Å². The lowest BCUT2D eigenvalue weighted by molar-refractivity contribution is 1.57. The second kappa shape index (κ2) is 2.66. The summed E-state index contributed by atoms with van der Waals surface area (Å²) in [6.45, 7) is 0. The average molecular weight is 71.0 g/mol. The molecule has 0 aromatic rings. The highest BCUT2D eigenvalue weighted by molar-refractivity contribution is 7.42. The van der Waals surface area contributed by atoms with Crippen LogP contribution < -0.4 is 0 Å². The van der Waals surface area contributed by atoms with Crippen molar-refractivity contribution >= 4 is 14.5 Å². The van der Waals surface area contributed by atoms with Crippen molar-refractivity contribution in [2.24, 2.45) is 0 Å². The number of rotatable bonds is 0. The van der Waals surface area contributed by atoms with Gasteiger partial charge in [0.05, 0.1) is 0 Å². The fourth-order valence-corrected chi connectivity index (χ4v) is 0. The molecule has 0 aromatic carbocycles. The molecule has 0 spiro atoms. The molecule has 1 nitrogen and oxygen atoms in total. The molecule has 0 aliphatic rings. The molecule has 0 atom stereocenters. The minimum absolute atomic E-state index is 0.554. The summed E-state index contributed by atoms with van der Waals surface area (Å²) in [6.07, 6.45) is 3.22. The van der Waals surface area contributed by atoms with Gasteiger partial charge in [0.25, 0.3) is 0 Å². The van der Waals surface area contributed by atoms with Gasteiger partial charge in [-0.25, -0.2) is 0 Å². The number of hydrogen-bond donors (Lipinski definition) is 0. The Morgan fingerprint density at radius 3 is 2.25 bits per heavy atom. The maximum absolute atomic E-state index is 7.55. The van der Waals surface area contributed by atoms with Crippen LogP contribution in [-0.4, -0.2) is 6.30 Å². The summed E-state index contributed by atoms with van der Waals surface area (Å²) in [7, 11) is 0.554. The van der Waals surface area contributed by atoms with E-state index in [-0.39, 0.29) is 0 Å². The molecule has 0 N–H and O–H groups in total. The lowest BCUT2D eigenvalue weighted by atomic mass is 11.8. The van der Waals surface area contributed by atoms with Crippen molar-refractivity contribution < 1.29 is 0 Å². The van der Waals surface area contributed by atoms with Crippen LogP contribution in [0.2, 0.25) is 0 Å². The van der Waals surface area contributed by atoms with Gasteiger partial charge in [0.15, 0.2) is 0 Å². The van der Waals surface area contributed by atoms with Gasteiger partial charge in [0.2, 0.25) is 0 Å². The highest BCUT2D eigenvalue weighted by Crippen LogP contribution is 1.75. The van der Waals surface area contributed by atoms with Crippen LogP contribution in [0, 0.1) is 11.1 Å². The lowest BCUT2D eigenvalue weighted by Crippen LogP contribution is -1.07. The summed E-state index contributed by atoms with van der Waals surface area (Å²) in [6, 6.07) is 0. The van der Waals surface area contributed by atoms with Gasteiger partial charge in [-0.3, -0.25) is 0 Å². The van der Waals surface area contributed by atoms with E-state index in [0.717, 1.165) is 0 Å². The zero-order valence-corrected chi connectivity index (χ0v) is 3.00. The molecular formula is C2H2NP. The van der Waals surface area contributed by atoms with Crippen LogP contribution in [0.25, 0.3) is 0 Å². The lowest BCUT2D eigenvalue weighted by Gasteiger charge is -1.29. The Morgan fingerprint density at radius 1 is 2.00 bits per heavy atom. The highest BCUT2D eigenvalue weighted by atomic mass is 31.1. The molecule has 0 bridgehead atoms. The quantitative estimate of drug-likeness (QED) is 0.388. The minimum atomic E-state index is 0.554. The molecule has 0 radical (unpaired) electrons. The largest absolute Gasteiger partial charge is 0.188 e. The van der Waals surface area contributed by atoms with Crippen LogP contribution in [0.4, 0.5) is 0 Å². The van der Waals surface area contributed by atoms with Crippen LogP contribution in [0.1, 0.15) is 0 Å². The van der Waals surface area contributed by atoms with E-state index >= 15 is 0 Å². The van der Waals surface area contributed by atoms with Crippen LogP contribution in [-0.2, 0) is 0 Å². The first-order valence-electron chi connectivity index (χ1n) is 0.763.